The summed E-state index contributed by atoms with van der Waals surface area (Å²) < 4.78 is 5.98. The van der Waals surface area contributed by atoms with E-state index in [2.05, 4.69) is 17.0 Å². The summed E-state index contributed by atoms with van der Waals surface area (Å²) in [4.78, 5) is 14.7. The Balaban J connectivity index is 1.77. The summed E-state index contributed by atoms with van der Waals surface area (Å²) >= 11 is 0. The van der Waals surface area contributed by atoms with E-state index >= 15 is 0 Å². The monoisotopic (exact) mass is 288 g/mol. The molecule has 2 heterocycles. The van der Waals surface area contributed by atoms with E-state index < -0.39 is 6.09 Å². The molecule has 0 saturated carbocycles. The summed E-state index contributed by atoms with van der Waals surface area (Å²) in [6.45, 7) is 3.87. The first-order chi connectivity index (χ1) is 10.1. The lowest BCUT2D eigenvalue weighted by Gasteiger charge is -2.46. The highest BCUT2D eigenvalue weighted by atomic mass is 16.5. The predicted molar refractivity (Wildman–Crippen MR) is 80.2 cm³/mol. The minimum absolute atomic E-state index is 0.276. The van der Waals surface area contributed by atoms with E-state index in [0.717, 1.165) is 30.8 Å². The number of carboxylic acid groups (broad SMARTS) is 1. The standard InChI is InChI=1S/C16H20N2O3/c1-13-11-21-16(7-9-17(10-8-16)15(19)20)12-18(13)14-5-3-2-4-6-14/h2-6,11H,7-10,12H2,1H3,(H,19,20). The summed E-state index contributed by atoms with van der Waals surface area (Å²) in [5.74, 6) is 0. The number of nitrogens with zero attached hydrogens (tertiary/aromatic N) is 2. The molecule has 1 aromatic rings. The van der Waals surface area contributed by atoms with Crippen molar-refractivity contribution in [1.29, 1.82) is 0 Å². The first kappa shape index (κ1) is 13.8. The molecule has 2 aliphatic rings. The maximum atomic E-state index is 11.0. The second kappa shape index (κ2) is 5.31. The molecule has 1 fully saturated rings. The van der Waals surface area contributed by atoms with Crippen LogP contribution in [0.5, 0.6) is 0 Å². The van der Waals surface area contributed by atoms with Gasteiger partial charge < -0.3 is 19.6 Å². The van der Waals surface area contributed by atoms with Crippen LogP contribution >= 0.6 is 0 Å². The van der Waals surface area contributed by atoms with Crippen molar-refractivity contribution in [2.45, 2.75) is 25.4 Å². The van der Waals surface area contributed by atoms with E-state index in [9.17, 15) is 4.79 Å². The highest BCUT2D eigenvalue weighted by Gasteiger charge is 2.41. The number of rotatable bonds is 1. The fraction of sp³-hybridized carbons (Fsp3) is 0.438. The van der Waals surface area contributed by atoms with Gasteiger partial charge in [-0.05, 0) is 19.1 Å². The molecule has 5 nitrogen and oxygen atoms in total. The molecule has 1 N–H and O–H groups in total. The maximum Gasteiger partial charge on any atom is 0.407 e. The van der Waals surface area contributed by atoms with Gasteiger partial charge in [0.25, 0.3) is 0 Å². The molecule has 112 valence electrons. The number of anilines is 1. The van der Waals surface area contributed by atoms with Crippen LogP contribution in [0.1, 0.15) is 19.8 Å². The average molecular weight is 288 g/mol. The van der Waals surface area contributed by atoms with Crippen LogP contribution in [0.4, 0.5) is 10.5 Å². The van der Waals surface area contributed by atoms with Crippen LogP contribution in [0.15, 0.2) is 42.3 Å². The number of hydrogen-bond acceptors (Lipinski definition) is 3. The van der Waals surface area contributed by atoms with Crippen molar-refractivity contribution >= 4 is 11.8 Å². The fourth-order valence-corrected chi connectivity index (χ4v) is 3.01. The molecule has 0 unspecified atom stereocenters. The molecule has 1 amide bonds. The van der Waals surface area contributed by atoms with E-state index in [-0.39, 0.29) is 5.60 Å². The van der Waals surface area contributed by atoms with Gasteiger partial charge in [0.1, 0.15) is 11.9 Å². The van der Waals surface area contributed by atoms with Gasteiger partial charge in [0.05, 0.1) is 6.54 Å². The van der Waals surface area contributed by atoms with E-state index in [1.54, 1.807) is 0 Å². The van der Waals surface area contributed by atoms with Gasteiger partial charge >= 0.3 is 6.09 Å². The zero-order valence-electron chi connectivity index (χ0n) is 12.2. The van der Waals surface area contributed by atoms with E-state index in [4.69, 9.17) is 9.84 Å². The Morgan fingerprint density at radius 1 is 1.24 bits per heavy atom. The number of amides is 1. The lowest BCUT2D eigenvalue weighted by molar-refractivity contribution is -0.0304. The van der Waals surface area contributed by atoms with Crippen LogP contribution in [-0.4, -0.2) is 41.3 Å². The lowest BCUT2D eigenvalue weighted by Crippen LogP contribution is -2.54. The summed E-state index contributed by atoms with van der Waals surface area (Å²) in [6.07, 6.45) is 2.43. The molecule has 21 heavy (non-hydrogen) atoms. The van der Waals surface area contributed by atoms with Gasteiger partial charge in [-0.2, -0.15) is 0 Å². The van der Waals surface area contributed by atoms with Gasteiger partial charge in [-0.15, -0.1) is 0 Å². The third kappa shape index (κ3) is 2.68. The first-order valence-corrected chi connectivity index (χ1v) is 7.25. The van der Waals surface area contributed by atoms with Gasteiger partial charge in [0, 0.05) is 37.3 Å². The number of hydrogen-bond donors (Lipinski definition) is 1. The molecular formula is C16H20N2O3. The molecule has 0 aliphatic carbocycles. The van der Waals surface area contributed by atoms with Crippen LogP contribution in [0.3, 0.4) is 0 Å². The van der Waals surface area contributed by atoms with Crippen molar-refractivity contribution in [3.05, 3.63) is 42.3 Å². The molecule has 0 aromatic heterocycles. The van der Waals surface area contributed by atoms with Crippen LogP contribution in [0.25, 0.3) is 0 Å². The number of likely N-dealkylation sites (tertiary alicyclic amines) is 1. The quantitative estimate of drug-likeness (QED) is 0.863. The SMILES string of the molecule is CC1=COC2(CCN(C(=O)O)CC2)CN1c1ccccc1. The van der Waals surface area contributed by atoms with Crippen LogP contribution in [0.2, 0.25) is 0 Å². The van der Waals surface area contributed by atoms with Crippen molar-refractivity contribution in [3.63, 3.8) is 0 Å². The smallest absolute Gasteiger partial charge is 0.407 e. The lowest BCUT2D eigenvalue weighted by atomic mass is 9.89. The zero-order valence-corrected chi connectivity index (χ0v) is 12.2. The number of ether oxygens (including phenoxy) is 1. The predicted octanol–water partition coefficient (Wildman–Crippen LogP) is 2.90. The molecule has 0 bridgehead atoms. The minimum atomic E-state index is -0.840. The van der Waals surface area contributed by atoms with Crippen molar-refractivity contribution < 1.29 is 14.6 Å². The molecule has 2 aliphatic heterocycles. The van der Waals surface area contributed by atoms with E-state index in [0.29, 0.717) is 13.1 Å². The summed E-state index contributed by atoms with van der Waals surface area (Å²) in [7, 11) is 0. The largest absolute Gasteiger partial charge is 0.491 e. The van der Waals surface area contributed by atoms with E-state index in [1.165, 1.54) is 4.90 Å². The molecular weight excluding hydrogens is 268 g/mol. The fourth-order valence-electron chi connectivity index (χ4n) is 3.01. The topological polar surface area (TPSA) is 53.0 Å². The number of para-hydroxylation sites is 1. The normalized spacial score (nSPS) is 20.9. The third-order valence-corrected chi connectivity index (χ3v) is 4.36. The number of piperidine rings is 1. The van der Waals surface area contributed by atoms with E-state index in [1.807, 2.05) is 31.4 Å². The number of benzene rings is 1. The van der Waals surface area contributed by atoms with Crippen molar-refractivity contribution in [2.24, 2.45) is 0 Å². The summed E-state index contributed by atoms with van der Waals surface area (Å²) in [5, 5.41) is 9.06. The van der Waals surface area contributed by atoms with Gasteiger partial charge in [-0.3, -0.25) is 0 Å². The Hall–Kier alpha value is -2.17. The van der Waals surface area contributed by atoms with Gasteiger partial charge in [0.2, 0.25) is 0 Å². The van der Waals surface area contributed by atoms with Crippen molar-refractivity contribution in [2.75, 3.05) is 24.5 Å². The maximum absolute atomic E-state index is 11.0. The van der Waals surface area contributed by atoms with Crippen LogP contribution in [-0.2, 0) is 4.74 Å². The second-order valence-electron chi connectivity index (χ2n) is 5.75. The minimum Gasteiger partial charge on any atom is -0.491 e. The molecule has 1 saturated heterocycles. The Morgan fingerprint density at radius 3 is 2.52 bits per heavy atom. The van der Waals surface area contributed by atoms with Gasteiger partial charge in [0.15, 0.2) is 0 Å². The number of allylic oxidation sites excluding steroid dienone is 1. The molecule has 1 aromatic carbocycles. The Bertz CT molecular complexity index is 548. The first-order valence-electron chi connectivity index (χ1n) is 7.25. The Morgan fingerprint density at radius 2 is 1.90 bits per heavy atom. The van der Waals surface area contributed by atoms with Gasteiger partial charge in [-0.1, -0.05) is 18.2 Å². The summed E-state index contributed by atoms with van der Waals surface area (Å²) in [5.41, 5.74) is 1.95. The average Bonchev–Trinajstić information content (AvgIpc) is 2.51. The highest BCUT2D eigenvalue weighted by Crippen LogP contribution is 2.35. The second-order valence-corrected chi connectivity index (χ2v) is 5.75. The Labute approximate surface area is 124 Å². The van der Waals surface area contributed by atoms with Crippen molar-refractivity contribution in [3.8, 4) is 0 Å². The van der Waals surface area contributed by atoms with Crippen LogP contribution < -0.4 is 4.90 Å². The third-order valence-electron chi connectivity index (χ3n) is 4.36. The molecule has 3 rings (SSSR count). The van der Waals surface area contributed by atoms with Crippen molar-refractivity contribution in [1.82, 2.24) is 4.90 Å². The summed E-state index contributed by atoms with van der Waals surface area (Å²) in [6, 6.07) is 10.2. The molecule has 5 heteroatoms. The number of carbonyl (C=O) groups is 1. The molecule has 1 spiro atoms. The zero-order chi connectivity index (χ0) is 14.9. The molecule has 0 atom stereocenters. The highest BCUT2D eigenvalue weighted by molar-refractivity contribution is 5.65. The Kier molecular flexibility index (Phi) is 3.49. The molecule has 0 radical (unpaired) electrons. The van der Waals surface area contributed by atoms with Crippen LogP contribution in [0, 0.1) is 0 Å². The van der Waals surface area contributed by atoms with Gasteiger partial charge in [-0.25, -0.2) is 4.79 Å².